The topological polar surface area (TPSA) is 51.2 Å². The molecule has 0 aliphatic rings. The number of benzene rings is 1. The molecule has 0 bridgehead atoms. The molecule has 112 valence electrons. The van der Waals surface area contributed by atoms with Crippen molar-refractivity contribution < 1.29 is 9.53 Å². The van der Waals surface area contributed by atoms with Crippen molar-refractivity contribution >= 4 is 22.4 Å². The van der Waals surface area contributed by atoms with Crippen molar-refractivity contribution in [2.75, 3.05) is 11.9 Å². The average molecular weight is 304 g/mol. The second-order valence-electron chi connectivity index (χ2n) is 4.79. The minimum absolute atomic E-state index is 0.167. The monoisotopic (exact) mass is 304 g/mol. The number of carbonyl (C=O) groups is 1. The number of nitrogens with zero attached hydrogens (tertiary/aromatic N) is 1. The van der Waals surface area contributed by atoms with E-state index in [1.54, 1.807) is 11.3 Å². The first kappa shape index (κ1) is 15.5. The van der Waals surface area contributed by atoms with Crippen LogP contribution in [0.5, 0.6) is 0 Å². The van der Waals surface area contributed by atoms with Crippen molar-refractivity contribution in [3.05, 3.63) is 46.5 Å². The van der Waals surface area contributed by atoms with Gasteiger partial charge in [-0.25, -0.2) is 4.98 Å². The maximum atomic E-state index is 11.3. The molecule has 1 aromatic heterocycles. The first-order valence-corrected chi connectivity index (χ1v) is 7.94. The average Bonchev–Trinajstić information content (AvgIpc) is 2.93. The Bertz CT molecular complexity index is 578. The van der Waals surface area contributed by atoms with Crippen LogP contribution < -0.4 is 5.32 Å². The molecule has 1 aromatic carbocycles. The molecule has 2 rings (SSSR count). The molecular formula is C16H20N2O2S. The number of nitrogens with one attached hydrogen (secondary N) is 1. The normalized spacial score (nSPS) is 10.4. The fourth-order valence-electron chi connectivity index (χ4n) is 1.85. The zero-order valence-corrected chi connectivity index (χ0v) is 13.2. The number of esters is 1. The summed E-state index contributed by atoms with van der Waals surface area (Å²) in [5, 5.41) is 6.17. The van der Waals surface area contributed by atoms with Gasteiger partial charge >= 0.3 is 5.97 Å². The highest BCUT2D eigenvalue weighted by molar-refractivity contribution is 7.13. The molecule has 1 heterocycles. The molecular weight excluding hydrogens is 284 g/mol. The van der Waals surface area contributed by atoms with Gasteiger partial charge in [0.05, 0.1) is 18.7 Å². The van der Waals surface area contributed by atoms with Crippen molar-refractivity contribution in [1.82, 2.24) is 4.98 Å². The van der Waals surface area contributed by atoms with E-state index < -0.39 is 0 Å². The summed E-state index contributed by atoms with van der Waals surface area (Å²) >= 11 is 1.56. The summed E-state index contributed by atoms with van der Waals surface area (Å²) in [5.74, 6) is -0.167. The Morgan fingerprint density at radius 2 is 2.10 bits per heavy atom. The largest absolute Gasteiger partial charge is 0.466 e. The van der Waals surface area contributed by atoms with Crippen LogP contribution in [-0.2, 0) is 22.5 Å². The van der Waals surface area contributed by atoms with Gasteiger partial charge in [0.1, 0.15) is 0 Å². The van der Waals surface area contributed by atoms with Crippen LogP contribution in [0.3, 0.4) is 0 Å². The van der Waals surface area contributed by atoms with Crippen LogP contribution in [0, 0.1) is 6.92 Å². The lowest BCUT2D eigenvalue weighted by Crippen LogP contribution is -2.05. The van der Waals surface area contributed by atoms with E-state index in [2.05, 4.69) is 41.5 Å². The van der Waals surface area contributed by atoms with Gasteiger partial charge in [0.2, 0.25) is 0 Å². The molecule has 0 unspecified atom stereocenters. The lowest BCUT2D eigenvalue weighted by atomic mass is 10.1. The fraction of sp³-hybridized carbons (Fsp3) is 0.375. The predicted octanol–water partition coefficient (Wildman–Crippen LogP) is 3.56. The van der Waals surface area contributed by atoms with E-state index in [1.165, 1.54) is 11.1 Å². The van der Waals surface area contributed by atoms with Crippen molar-refractivity contribution in [2.45, 2.75) is 33.2 Å². The first-order valence-electron chi connectivity index (χ1n) is 7.07. The summed E-state index contributed by atoms with van der Waals surface area (Å²) in [4.78, 5) is 15.8. The minimum Gasteiger partial charge on any atom is -0.466 e. The van der Waals surface area contributed by atoms with E-state index in [9.17, 15) is 4.79 Å². The summed E-state index contributed by atoms with van der Waals surface area (Å²) in [7, 11) is 0. The molecule has 0 aliphatic heterocycles. The van der Waals surface area contributed by atoms with E-state index in [0.29, 0.717) is 19.4 Å². The van der Waals surface area contributed by atoms with Crippen molar-refractivity contribution in [3.8, 4) is 0 Å². The number of ether oxygens (including phenoxy) is 1. The van der Waals surface area contributed by atoms with Gasteiger partial charge in [-0.15, -0.1) is 11.3 Å². The van der Waals surface area contributed by atoms with Gasteiger partial charge in [-0.1, -0.05) is 29.8 Å². The molecule has 0 radical (unpaired) electrons. The van der Waals surface area contributed by atoms with Crippen LogP contribution in [0.4, 0.5) is 5.13 Å². The number of hydrogen-bond donors (Lipinski definition) is 1. The van der Waals surface area contributed by atoms with Crippen LogP contribution in [0.15, 0.2) is 29.6 Å². The van der Waals surface area contributed by atoms with E-state index in [4.69, 9.17) is 4.74 Å². The van der Waals surface area contributed by atoms with Gasteiger partial charge in [0, 0.05) is 18.3 Å². The molecule has 0 saturated heterocycles. The Morgan fingerprint density at radius 1 is 1.33 bits per heavy atom. The van der Waals surface area contributed by atoms with Crippen molar-refractivity contribution in [2.24, 2.45) is 0 Å². The summed E-state index contributed by atoms with van der Waals surface area (Å²) < 4.78 is 4.91. The fourth-order valence-corrected chi connectivity index (χ4v) is 2.59. The Labute approximate surface area is 129 Å². The molecule has 4 nitrogen and oxygen atoms in total. The number of thiazole rings is 1. The molecule has 0 amide bonds. The number of aromatic nitrogens is 1. The third-order valence-corrected chi connectivity index (χ3v) is 3.86. The molecule has 1 N–H and O–H groups in total. The SMILES string of the molecule is CCOC(=O)CCc1csc(NCc2ccc(C)cc2)n1. The van der Waals surface area contributed by atoms with Crippen LogP contribution in [0.2, 0.25) is 0 Å². The van der Waals surface area contributed by atoms with Crippen LogP contribution in [-0.4, -0.2) is 17.6 Å². The molecule has 5 heteroatoms. The zero-order valence-electron chi connectivity index (χ0n) is 12.4. The van der Waals surface area contributed by atoms with Gasteiger partial charge < -0.3 is 10.1 Å². The quantitative estimate of drug-likeness (QED) is 0.795. The predicted molar refractivity (Wildman–Crippen MR) is 85.6 cm³/mol. The molecule has 2 aromatic rings. The lowest BCUT2D eigenvalue weighted by molar-refractivity contribution is -0.143. The van der Waals surface area contributed by atoms with E-state index in [0.717, 1.165) is 17.4 Å². The van der Waals surface area contributed by atoms with Gasteiger partial charge in [0.25, 0.3) is 0 Å². The Kier molecular flexibility index (Phi) is 5.75. The number of rotatable bonds is 7. The smallest absolute Gasteiger partial charge is 0.306 e. The highest BCUT2D eigenvalue weighted by Crippen LogP contribution is 2.17. The number of aryl methyl sites for hydroxylation is 2. The van der Waals surface area contributed by atoms with Gasteiger partial charge in [0.15, 0.2) is 5.13 Å². The van der Waals surface area contributed by atoms with E-state index in [-0.39, 0.29) is 5.97 Å². The first-order chi connectivity index (χ1) is 10.2. The second-order valence-corrected chi connectivity index (χ2v) is 5.65. The van der Waals surface area contributed by atoms with Gasteiger partial charge in [-0.2, -0.15) is 0 Å². The zero-order chi connectivity index (χ0) is 15.1. The van der Waals surface area contributed by atoms with Gasteiger partial charge in [-0.3, -0.25) is 4.79 Å². The van der Waals surface area contributed by atoms with Crippen LogP contribution >= 0.6 is 11.3 Å². The molecule has 0 saturated carbocycles. The number of anilines is 1. The van der Waals surface area contributed by atoms with E-state index in [1.807, 2.05) is 12.3 Å². The summed E-state index contributed by atoms with van der Waals surface area (Å²) in [6.45, 7) is 5.08. The molecule has 0 atom stereocenters. The van der Waals surface area contributed by atoms with Gasteiger partial charge in [-0.05, 0) is 19.4 Å². The van der Waals surface area contributed by atoms with Crippen molar-refractivity contribution in [1.29, 1.82) is 0 Å². The van der Waals surface area contributed by atoms with Crippen LogP contribution in [0.25, 0.3) is 0 Å². The Balaban J connectivity index is 1.80. The lowest BCUT2D eigenvalue weighted by Gasteiger charge is -2.03. The highest BCUT2D eigenvalue weighted by Gasteiger charge is 2.06. The second kappa shape index (κ2) is 7.78. The summed E-state index contributed by atoms with van der Waals surface area (Å²) in [6.07, 6.45) is 1.01. The molecule has 21 heavy (non-hydrogen) atoms. The number of carbonyl (C=O) groups excluding carboxylic acids is 1. The number of hydrogen-bond acceptors (Lipinski definition) is 5. The Hall–Kier alpha value is -1.88. The maximum absolute atomic E-state index is 11.3. The molecule has 0 aliphatic carbocycles. The highest BCUT2D eigenvalue weighted by atomic mass is 32.1. The van der Waals surface area contributed by atoms with Crippen LogP contribution in [0.1, 0.15) is 30.2 Å². The summed E-state index contributed by atoms with van der Waals surface area (Å²) in [6, 6.07) is 8.42. The van der Waals surface area contributed by atoms with E-state index >= 15 is 0 Å². The minimum atomic E-state index is -0.167. The maximum Gasteiger partial charge on any atom is 0.306 e. The summed E-state index contributed by atoms with van der Waals surface area (Å²) in [5.41, 5.74) is 3.41. The third kappa shape index (κ3) is 5.19. The van der Waals surface area contributed by atoms with Crippen molar-refractivity contribution in [3.63, 3.8) is 0 Å². The Morgan fingerprint density at radius 3 is 2.81 bits per heavy atom. The molecule has 0 spiro atoms. The molecule has 0 fully saturated rings. The third-order valence-electron chi connectivity index (χ3n) is 3.01. The standard InChI is InChI=1S/C16H20N2O2S/c1-3-20-15(19)9-8-14-11-21-16(18-14)17-10-13-6-4-12(2)5-7-13/h4-7,11H,3,8-10H2,1-2H3,(H,17,18).